The van der Waals surface area contributed by atoms with E-state index in [-0.39, 0.29) is 23.3 Å². The van der Waals surface area contributed by atoms with Crippen LogP contribution < -0.4 is 10.3 Å². The van der Waals surface area contributed by atoms with Gasteiger partial charge in [-0.1, -0.05) is 45.9 Å². The maximum absolute atomic E-state index is 12.9. The minimum atomic E-state index is -3.91. The number of carbonyl (C=O) groups is 1. The number of aryl methyl sites for hydroxylation is 1. The molecule has 1 N–H and O–H groups in total. The van der Waals surface area contributed by atoms with E-state index in [1.165, 1.54) is 18.2 Å². The summed E-state index contributed by atoms with van der Waals surface area (Å²) >= 11 is 0. The van der Waals surface area contributed by atoms with Crippen LogP contribution in [0.3, 0.4) is 0 Å². The number of hydrogen-bond donors (Lipinski definition) is 1. The molecule has 0 radical (unpaired) electrons. The fourth-order valence-corrected chi connectivity index (χ4v) is 5.02. The number of esters is 1. The molecule has 1 atom stereocenters. The van der Waals surface area contributed by atoms with Gasteiger partial charge in [-0.05, 0) is 54.2 Å². The Hall–Kier alpha value is -2.97. The fourth-order valence-electron chi connectivity index (χ4n) is 3.66. The van der Waals surface area contributed by atoms with Gasteiger partial charge in [-0.3, -0.25) is 4.79 Å². The molecule has 176 valence electrons. The van der Waals surface area contributed by atoms with Gasteiger partial charge in [0, 0.05) is 17.0 Å². The predicted octanol–water partition coefficient (Wildman–Crippen LogP) is 4.27. The highest BCUT2D eigenvalue weighted by Crippen LogP contribution is 2.27. The van der Waals surface area contributed by atoms with Crippen LogP contribution in [0.2, 0.25) is 0 Å². The third kappa shape index (κ3) is 5.69. The summed E-state index contributed by atoms with van der Waals surface area (Å²) in [7, 11) is -3.91. The second kappa shape index (κ2) is 9.89. The average molecular weight is 472 g/mol. The maximum atomic E-state index is 12.9. The monoisotopic (exact) mass is 471 g/mol. The quantitative estimate of drug-likeness (QED) is 0.389. The van der Waals surface area contributed by atoms with Gasteiger partial charge in [0.15, 0.2) is 0 Å². The highest BCUT2D eigenvalue weighted by Gasteiger charge is 2.30. The van der Waals surface area contributed by atoms with Gasteiger partial charge in [0.25, 0.3) is 0 Å². The second-order valence-electron chi connectivity index (χ2n) is 8.71. The minimum absolute atomic E-state index is 0.0618. The van der Waals surface area contributed by atoms with E-state index < -0.39 is 27.7 Å². The number of fused-ring (bicyclic) bond motifs is 1. The Bertz CT molecular complexity index is 1310. The Balaban J connectivity index is 1.86. The zero-order chi connectivity index (χ0) is 24.3. The molecule has 0 saturated heterocycles. The molecule has 0 spiro atoms. The molecule has 0 saturated carbocycles. The van der Waals surface area contributed by atoms with Crippen LogP contribution in [0.25, 0.3) is 11.0 Å². The number of carbonyl (C=O) groups excluding carboxylic acids is 1. The molecule has 1 unspecified atom stereocenters. The minimum Gasteiger partial charge on any atom is -0.460 e. The molecule has 3 rings (SSSR count). The van der Waals surface area contributed by atoms with Gasteiger partial charge in [0.05, 0.1) is 4.90 Å². The third-order valence-corrected chi connectivity index (χ3v) is 6.92. The number of ether oxygens (including phenoxy) is 1. The SMILES string of the molecule is Cc1cc2oc(=O)cc(COC(=O)C(NS(=O)(=O)c3ccccc3)C(C)C)c2cc1C(C)C. The van der Waals surface area contributed by atoms with Crippen molar-refractivity contribution in [2.45, 2.75) is 58.1 Å². The molecule has 0 amide bonds. The largest absolute Gasteiger partial charge is 0.460 e. The molecular formula is C25H29NO6S. The van der Waals surface area contributed by atoms with Crippen molar-refractivity contribution in [2.75, 3.05) is 0 Å². The summed E-state index contributed by atoms with van der Waals surface area (Å²) in [5, 5.41) is 0.683. The summed E-state index contributed by atoms with van der Waals surface area (Å²) in [4.78, 5) is 25.0. The van der Waals surface area contributed by atoms with Crippen molar-refractivity contribution in [3.8, 4) is 0 Å². The van der Waals surface area contributed by atoms with Crippen molar-refractivity contribution in [2.24, 2.45) is 5.92 Å². The van der Waals surface area contributed by atoms with E-state index >= 15 is 0 Å². The summed E-state index contributed by atoms with van der Waals surface area (Å²) in [6, 6.07) is 11.8. The smallest absolute Gasteiger partial charge is 0.336 e. The fraction of sp³-hybridized carbons (Fsp3) is 0.360. The Kier molecular flexibility index (Phi) is 7.39. The molecule has 0 fully saturated rings. The number of sulfonamides is 1. The average Bonchev–Trinajstić information content (AvgIpc) is 2.75. The predicted molar refractivity (Wildman–Crippen MR) is 126 cm³/mol. The second-order valence-corrected chi connectivity index (χ2v) is 10.4. The first-order chi connectivity index (χ1) is 15.5. The Morgan fingerprint density at radius 1 is 1.06 bits per heavy atom. The number of rotatable bonds is 8. The highest BCUT2D eigenvalue weighted by molar-refractivity contribution is 7.89. The Morgan fingerprint density at radius 3 is 2.33 bits per heavy atom. The number of hydrogen-bond acceptors (Lipinski definition) is 6. The standard InChI is InChI=1S/C25H29NO6S/c1-15(2)20-13-21-18(12-23(27)32-22(21)11-17(20)5)14-31-25(28)24(16(3)4)26-33(29,30)19-9-7-6-8-10-19/h6-13,15-16,24,26H,14H2,1-5H3. The zero-order valence-corrected chi connectivity index (χ0v) is 20.2. The molecule has 0 aliphatic carbocycles. The lowest BCUT2D eigenvalue weighted by Gasteiger charge is -2.21. The van der Waals surface area contributed by atoms with Crippen LogP contribution in [0.5, 0.6) is 0 Å². The van der Waals surface area contributed by atoms with Gasteiger partial charge in [0.2, 0.25) is 10.0 Å². The maximum Gasteiger partial charge on any atom is 0.336 e. The summed E-state index contributed by atoms with van der Waals surface area (Å²) in [6.45, 7) is 9.36. The van der Waals surface area contributed by atoms with Crippen LogP contribution >= 0.6 is 0 Å². The molecule has 0 aliphatic rings. The molecule has 8 heteroatoms. The van der Waals surface area contributed by atoms with Crippen LogP contribution in [-0.4, -0.2) is 20.4 Å². The summed E-state index contributed by atoms with van der Waals surface area (Å²) in [6.07, 6.45) is 0. The first kappa shape index (κ1) is 24.7. The topological polar surface area (TPSA) is 103 Å². The third-order valence-electron chi connectivity index (χ3n) is 5.46. The van der Waals surface area contributed by atoms with Crippen LogP contribution in [0.4, 0.5) is 0 Å². The van der Waals surface area contributed by atoms with Crippen LogP contribution in [0, 0.1) is 12.8 Å². The Labute approximate surface area is 193 Å². The first-order valence-corrected chi connectivity index (χ1v) is 12.3. The van der Waals surface area contributed by atoms with Crippen molar-refractivity contribution in [3.05, 3.63) is 75.6 Å². The lowest BCUT2D eigenvalue weighted by atomic mass is 9.95. The molecule has 3 aromatic rings. The molecular weight excluding hydrogens is 442 g/mol. The van der Waals surface area contributed by atoms with E-state index in [1.54, 1.807) is 32.0 Å². The van der Waals surface area contributed by atoms with Gasteiger partial charge in [-0.2, -0.15) is 4.72 Å². The van der Waals surface area contributed by atoms with Gasteiger partial charge in [-0.15, -0.1) is 0 Å². The van der Waals surface area contributed by atoms with Crippen molar-refractivity contribution < 1.29 is 22.4 Å². The van der Waals surface area contributed by atoms with Gasteiger partial charge < -0.3 is 9.15 Å². The molecule has 1 aromatic heterocycles. The van der Waals surface area contributed by atoms with E-state index in [4.69, 9.17) is 9.15 Å². The van der Waals surface area contributed by atoms with Crippen LogP contribution in [0.15, 0.2) is 62.6 Å². The molecule has 7 nitrogen and oxygen atoms in total. The lowest BCUT2D eigenvalue weighted by molar-refractivity contribution is -0.148. The zero-order valence-electron chi connectivity index (χ0n) is 19.4. The van der Waals surface area contributed by atoms with Gasteiger partial charge in [0.1, 0.15) is 18.2 Å². The van der Waals surface area contributed by atoms with E-state index in [0.717, 1.165) is 11.1 Å². The molecule has 0 bridgehead atoms. The van der Waals surface area contributed by atoms with Crippen molar-refractivity contribution in [1.29, 1.82) is 0 Å². The van der Waals surface area contributed by atoms with E-state index in [9.17, 15) is 18.0 Å². The van der Waals surface area contributed by atoms with Gasteiger partial charge in [-0.25, -0.2) is 13.2 Å². The summed E-state index contributed by atoms with van der Waals surface area (Å²) in [5.74, 6) is -0.819. The molecule has 0 aliphatic heterocycles. The Morgan fingerprint density at radius 2 is 1.73 bits per heavy atom. The van der Waals surface area contributed by atoms with E-state index in [1.807, 2.05) is 19.1 Å². The summed E-state index contributed by atoms with van der Waals surface area (Å²) in [5.41, 5.74) is 2.48. The normalized spacial score (nSPS) is 12.9. The van der Waals surface area contributed by atoms with Gasteiger partial charge >= 0.3 is 11.6 Å². The van der Waals surface area contributed by atoms with Crippen LogP contribution in [0.1, 0.15) is 50.3 Å². The number of nitrogens with one attached hydrogen (secondary N) is 1. The molecule has 1 heterocycles. The van der Waals surface area contributed by atoms with Crippen LogP contribution in [-0.2, 0) is 26.2 Å². The number of benzene rings is 2. The van der Waals surface area contributed by atoms with Crippen molar-refractivity contribution in [1.82, 2.24) is 4.72 Å². The molecule has 33 heavy (non-hydrogen) atoms. The molecule has 2 aromatic carbocycles. The lowest BCUT2D eigenvalue weighted by Crippen LogP contribution is -2.45. The summed E-state index contributed by atoms with van der Waals surface area (Å²) < 4.78 is 38.7. The van der Waals surface area contributed by atoms with Crippen molar-refractivity contribution in [3.63, 3.8) is 0 Å². The van der Waals surface area contributed by atoms with E-state index in [2.05, 4.69) is 18.6 Å². The first-order valence-electron chi connectivity index (χ1n) is 10.8. The van der Waals surface area contributed by atoms with E-state index in [0.29, 0.717) is 16.5 Å². The highest BCUT2D eigenvalue weighted by atomic mass is 32.2. The van der Waals surface area contributed by atoms with Crippen molar-refractivity contribution >= 4 is 27.0 Å².